The third-order valence-electron chi connectivity index (χ3n) is 6.80. The van der Waals surface area contributed by atoms with Crippen molar-refractivity contribution in [2.75, 3.05) is 7.11 Å². The summed E-state index contributed by atoms with van der Waals surface area (Å²) in [6.45, 7) is 15.1. The monoisotopic (exact) mass is 644 g/mol. The Bertz CT molecular complexity index is 1250. The summed E-state index contributed by atoms with van der Waals surface area (Å²) in [4.78, 5) is 53.7. The lowest BCUT2D eigenvalue weighted by atomic mass is 9.85. The number of hydrogen-bond donors (Lipinski definition) is 2. The molecule has 0 saturated heterocycles. The van der Waals surface area contributed by atoms with E-state index >= 15 is 0 Å². The van der Waals surface area contributed by atoms with Crippen LogP contribution in [0.4, 0.5) is 9.59 Å². The minimum Gasteiger partial charge on any atom is -0.460 e. The van der Waals surface area contributed by atoms with E-state index in [4.69, 9.17) is 46.9 Å². The molecule has 0 spiro atoms. The van der Waals surface area contributed by atoms with Crippen molar-refractivity contribution >= 4 is 47.3 Å². The number of benzene rings is 1. The number of nitrogens with one attached hydrogen (secondary N) is 2. The second-order valence-corrected chi connectivity index (χ2v) is 14.6. The van der Waals surface area contributed by atoms with E-state index in [1.54, 1.807) is 80.5 Å². The van der Waals surface area contributed by atoms with Crippen molar-refractivity contribution in [2.45, 2.75) is 103 Å². The number of halogens is 2. The van der Waals surface area contributed by atoms with Crippen LogP contribution in [-0.4, -0.2) is 65.7 Å². The number of alkyl carbamates (subject to hydrolysis) is 2. The van der Waals surface area contributed by atoms with Crippen LogP contribution in [0.1, 0.15) is 67.9 Å². The lowest BCUT2D eigenvalue weighted by molar-refractivity contribution is -0.174. The lowest BCUT2D eigenvalue weighted by Crippen LogP contribution is -2.68. The molecular formula is C30H42Cl2N2O9. The maximum absolute atomic E-state index is 14.3. The van der Waals surface area contributed by atoms with Crippen LogP contribution in [0.25, 0.3) is 0 Å². The molecule has 0 bridgehead atoms. The Morgan fingerprint density at radius 1 is 0.837 bits per heavy atom. The average molecular weight is 646 g/mol. The largest absolute Gasteiger partial charge is 0.460 e. The summed E-state index contributed by atoms with van der Waals surface area (Å²) in [5, 5.41) is 6.09. The fraction of sp³-hybridized carbons (Fsp3) is 0.667. The summed E-state index contributed by atoms with van der Waals surface area (Å²) in [5.41, 5.74) is -4.13. The first-order valence-corrected chi connectivity index (χ1v) is 14.7. The van der Waals surface area contributed by atoms with Gasteiger partial charge in [-0.3, -0.25) is 4.79 Å². The van der Waals surface area contributed by atoms with Crippen LogP contribution >= 0.6 is 23.2 Å². The first-order chi connectivity index (χ1) is 19.6. The summed E-state index contributed by atoms with van der Waals surface area (Å²) < 4.78 is 28.3. The standard InChI is InChI=1S/C30H42Cl2N2O9/c1-27(2,3)41-23(35)19-18-20(19)30(24(36)42-28(4,5)6,34-26(38)43-29(7,8)9)22(21(18)33-25(37)39-10)40-14-15-11-12-16(31)17(32)13-15/h11-13,18-22H,14H2,1-10H3,(H,33,37)(H,34,38)/t18-,19-,20-,21-,22+,30+/m0/s1. The predicted octanol–water partition coefficient (Wildman–Crippen LogP) is 5.43. The second-order valence-electron chi connectivity index (χ2n) is 13.8. The molecule has 13 heteroatoms. The SMILES string of the molecule is COC(=O)N[C@H]1[C@H]2[C@H](C(=O)OC(C)(C)C)[C@H]2[C@](NC(=O)OC(C)(C)C)(C(=O)OC(C)(C)C)[C@@H]1OCc1ccc(Cl)c(Cl)c1. The molecule has 0 aliphatic heterocycles. The van der Waals surface area contributed by atoms with Gasteiger partial charge >= 0.3 is 24.1 Å². The number of rotatable bonds is 7. The van der Waals surface area contributed by atoms with E-state index in [1.165, 1.54) is 7.11 Å². The summed E-state index contributed by atoms with van der Waals surface area (Å²) in [6.07, 6.45) is -3.00. The van der Waals surface area contributed by atoms with Gasteiger partial charge in [-0.25, -0.2) is 14.4 Å². The number of ether oxygens (including phenoxy) is 5. The van der Waals surface area contributed by atoms with Crippen LogP contribution in [-0.2, 0) is 39.9 Å². The Morgan fingerprint density at radius 3 is 1.93 bits per heavy atom. The highest BCUT2D eigenvalue weighted by molar-refractivity contribution is 6.42. The van der Waals surface area contributed by atoms with Crippen molar-refractivity contribution in [1.29, 1.82) is 0 Å². The molecule has 43 heavy (non-hydrogen) atoms. The quantitative estimate of drug-likeness (QED) is 0.294. The molecule has 2 aliphatic carbocycles. The number of carbonyl (C=O) groups excluding carboxylic acids is 4. The molecule has 11 nitrogen and oxygen atoms in total. The zero-order chi connectivity index (χ0) is 32.7. The van der Waals surface area contributed by atoms with Crippen molar-refractivity contribution in [2.24, 2.45) is 17.8 Å². The van der Waals surface area contributed by atoms with Gasteiger partial charge < -0.3 is 34.3 Å². The second kappa shape index (κ2) is 12.3. The van der Waals surface area contributed by atoms with E-state index in [-0.39, 0.29) is 11.6 Å². The third kappa shape index (κ3) is 8.25. The molecule has 1 aromatic rings. The van der Waals surface area contributed by atoms with Crippen molar-refractivity contribution in [1.82, 2.24) is 10.6 Å². The Labute approximate surface area is 262 Å². The number of methoxy groups -OCH3 is 1. The van der Waals surface area contributed by atoms with Crippen LogP contribution in [0.2, 0.25) is 10.0 Å². The molecule has 0 radical (unpaired) electrons. The molecule has 2 fully saturated rings. The van der Waals surface area contributed by atoms with E-state index in [9.17, 15) is 19.2 Å². The van der Waals surface area contributed by atoms with E-state index in [1.807, 2.05) is 0 Å². The van der Waals surface area contributed by atoms with Crippen LogP contribution < -0.4 is 10.6 Å². The minimum atomic E-state index is -1.98. The molecule has 0 unspecified atom stereocenters. The van der Waals surface area contributed by atoms with Gasteiger partial charge in [0.2, 0.25) is 0 Å². The smallest absolute Gasteiger partial charge is 0.408 e. The zero-order valence-corrected chi connectivity index (χ0v) is 27.8. The third-order valence-corrected chi connectivity index (χ3v) is 7.54. The van der Waals surface area contributed by atoms with Gasteiger partial charge in [0.25, 0.3) is 0 Å². The predicted molar refractivity (Wildman–Crippen MR) is 159 cm³/mol. The molecular weight excluding hydrogens is 603 g/mol. The zero-order valence-electron chi connectivity index (χ0n) is 26.3. The fourth-order valence-corrected chi connectivity index (χ4v) is 5.75. The maximum Gasteiger partial charge on any atom is 0.408 e. The van der Waals surface area contributed by atoms with Crippen molar-refractivity contribution in [3.63, 3.8) is 0 Å². The molecule has 6 atom stereocenters. The van der Waals surface area contributed by atoms with Gasteiger partial charge in [0.1, 0.15) is 22.9 Å². The molecule has 0 heterocycles. The Morgan fingerprint density at radius 2 is 1.42 bits per heavy atom. The Kier molecular flexibility index (Phi) is 9.95. The first-order valence-electron chi connectivity index (χ1n) is 14.0. The number of amides is 2. The van der Waals surface area contributed by atoms with E-state index < -0.39 is 76.4 Å². The number of carbonyl (C=O) groups is 4. The van der Waals surface area contributed by atoms with Gasteiger partial charge in [-0.15, -0.1) is 0 Å². The molecule has 2 saturated carbocycles. The summed E-state index contributed by atoms with van der Waals surface area (Å²) >= 11 is 12.3. The van der Waals surface area contributed by atoms with Crippen LogP contribution in [0.5, 0.6) is 0 Å². The van der Waals surface area contributed by atoms with Crippen molar-refractivity contribution in [3.05, 3.63) is 33.8 Å². The average Bonchev–Trinajstić information content (AvgIpc) is 3.51. The molecule has 0 aromatic heterocycles. The van der Waals surface area contributed by atoms with Gasteiger partial charge in [0.15, 0.2) is 5.54 Å². The van der Waals surface area contributed by atoms with Crippen molar-refractivity contribution in [3.8, 4) is 0 Å². The summed E-state index contributed by atoms with van der Waals surface area (Å²) in [5.74, 6) is -3.92. The normalized spacial score (nSPS) is 26.6. The lowest BCUT2D eigenvalue weighted by Gasteiger charge is -2.41. The molecule has 3 rings (SSSR count). The van der Waals surface area contributed by atoms with Gasteiger partial charge in [-0.2, -0.15) is 0 Å². The maximum atomic E-state index is 14.3. The highest BCUT2D eigenvalue weighted by Crippen LogP contribution is 2.64. The molecule has 2 aliphatic rings. The van der Waals surface area contributed by atoms with Crippen LogP contribution in [0.3, 0.4) is 0 Å². The van der Waals surface area contributed by atoms with Crippen LogP contribution in [0, 0.1) is 17.8 Å². The summed E-state index contributed by atoms with van der Waals surface area (Å²) in [7, 11) is 1.19. The number of hydrogen-bond acceptors (Lipinski definition) is 9. The molecule has 1 aromatic carbocycles. The Hall–Kier alpha value is -2.76. The van der Waals surface area contributed by atoms with Crippen LogP contribution in [0.15, 0.2) is 18.2 Å². The van der Waals surface area contributed by atoms with E-state index in [0.29, 0.717) is 10.6 Å². The highest BCUT2D eigenvalue weighted by atomic mass is 35.5. The molecule has 2 amide bonds. The number of esters is 2. The topological polar surface area (TPSA) is 138 Å². The minimum absolute atomic E-state index is 0.0992. The molecule has 2 N–H and O–H groups in total. The van der Waals surface area contributed by atoms with Gasteiger partial charge in [-0.05, 0) is 80.0 Å². The van der Waals surface area contributed by atoms with E-state index in [0.717, 1.165) is 0 Å². The van der Waals surface area contributed by atoms with E-state index in [2.05, 4.69) is 10.6 Å². The van der Waals surface area contributed by atoms with Gasteiger partial charge in [-0.1, -0.05) is 29.3 Å². The van der Waals surface area contributed by atoms with Gasteiger partial charge in [0.05, 0.1) is 35.7 Å². The number of fused-ring (bicyclic) bond motifs is 1. The Balaban J connectivity index is 2.17. The highest BCUT2D eigenvalue weighted by Gasteiger charge is 2.81. The van der Waals surface area contributed by atoms with Crippen molar-refractivity contribution < 1.29 is 42.9 Å². The van der Waals surface area contributed by atoms with Gasteiger partial charge in [0, 0.05) is 11.8 Å². The fourth-order valence-electron chi connectivity index (χ4n) is 5.43. The molecule has 240 valence electrons. The summed E-state index contributed by atoms with van der Waals surface area (Å²) in [6, 6.07) is 3.90. The first kappa shape index (κ1) is 34.7.